The Labute approximate surface area is 148 Å². The van der Waals surface area contributed by atoms with Crippen LogP contribution in [0.1, 0.15) is 6.92 Å². The van der Waals surface area contributed by atoms with Gasteiger partial charge in [-0.15, -0.1) is 0 Å². The van der Waals surface area contributed by atoms with Crippen molar-refractivity contribution in [3.63, 3.8) is 0 Å². The predicted molar refractivity (Wildman–Crippen MR) is 56.9 cm³/mol. The van der Waals surface area contributed by atoms with Crippen molar-refractivity contribution in [2.45, 2.75) is 54.6 Å². The molecule has 0 aromatic carbocycles. The van der Waals surface area contributed by atoms with Gasteiger partial charge >= 0.3 is 47.6 Å². The van der Waals surface area contributed by atoms with Gasteiger partial charge in [0.05, 0.1) is 6.61 Å². The summed E-state index contributed by atoms with van der Waals surface area (Å²) in [5.41, 5.74) is 0. The average Bonchev–Trinajstić information content (AvgIpc) is 2.51. The molecule has 0 fully saturated rings. The van der Waals surface area contributed by atoms with E-state index in [0.717, 1.165) is 0 Å². The van der Waals surface area contributed by atoms with Crippen LogP contribution in [0.3, 0.4) is 0 Å². The smallest absolute Gasteiger partial charge is 0.396 e. The molecule has 0 aliphatic rings. The molecule has 29 heavy (non-hydrogen) atoms. The Morgan fingerprint density at radius 3 is 0.966 bits per heavy atom. The average molecular weight is 478 g/mol. The molecule has 0 aliphatic carbocycles. The summed E-state index contributed by atoms with van der Waals surface area (Å²) in [5, 5.41) is 8.25. The fourth-order valence-electron chi connectivity index (χ4n) is 1.60. The van der Waals surface area contributed by atoms with Gasteiger partial charge in [-0.05, 0) is 0 Å². The lowest BCUT2D eigenvalue weighted by Gasteiger charge is -2.43. The minimum Gasteiger partial charge on any atom is -0.396 e. The van der Waals surface area contributed by atoms with E-state index in [1.807, 2.05) is 0 Å². The van der Waals surface area contributed by atoms with E-state index >= 15 is 0 Å². The third-order valence-corrected chi connectivity index (χ3v) is 3.64. The van der Waals surface area contributed by atoms with Crippen molar-refractivity contribution in [3.8, 4) is 0 Å². The van der Waals surface area contributed by atoms with Crippen LogP contribution < -0.4 is 0 Å². The maximum atomic E-state index is 13.3. The van der Waals surface area contributed by atoms with Crippen LogP contribution in [0.4, 0.5) is 74.6 Å². The highest BCUT2D eigenvalue weighted by Crippen LogP contribution is 2.64. The maximum Gasteiger partial charge on any atom is 0.460 e. The summed E-state index contributed by atoms with van der Waals surface area (Å²) in [6, 6.07) is 0. The Hall–Kier alpha value is -1.23. The molecular weight excluding hydrogens is 471 g/mol. The molecule has 0 aliphatic heterocycles. The van der Waals surface area contributed by atoms with E-state index in [2.05, 4.69) is 0 Å². The molecule has 0 spiro atoms. The first-order valence-electron chi connectivity index (χ1n) is 6.55. The van der Waals surface area contributed by atoms with E-state index in [1.165, 1.54) is 0 Å². The Morgan fingerprint density at radius 2 is 0.724 bits per heavy atom. The first kappa shape index (κ1) is 27.8. The van der Waals surface area contributed by atoms with Gasteiger partial charge in [-0.25, -0.2) is 0 Å². The zero-order chi connectivity index (χ0) is 24.3. The molecular formula is C11H7F17O. The number of alkyl halides is 17. The maximum absolute atomic E-state index is 13.3. The third-order valence-electron chi connectivity index (χ3n) is 3.64. The van der Waals surface area contributed by atoms with Crippen molar-refractivity contribution in [1.82, 2.24) is 0 Å². The lowest BCUT2D eigenvalue weighted by atomic mass is 9.86. The van der Waals surface area contributed by atoms with Crippen molar-refractivity contribution >= 4 is 0 Å². The zero-order valence-corrected chi connectivity index (χ0v) is 13.2. The number of halogens is 17. The van der Waals surface area contributed by atoms with Gasteiger partial charge in [0.25, 0.3) is 0 Å². The molecule has 1 N–H and O–H groups in total. The number of aliphatic hydroxyl groups excluding tert-OH is 1. The van der Waals surface area contributed by atoms with Gasteiger partial charge < -0.3 is 5.11 Å². The topological polar surface area (TPSA) is 20.2 Å². The molecule has 0 amide bonds. The molecule has 0 radical (unpaired) electrons. The Balaban J connectivity index is 6.73. The van der Waals surface area contributed by atoms with Gasteiger partial charge in [-0.1, -0.05) is 6.92 Å². The normalized spacial score (nSPS) is 17.5. The minimum absolute atomic E-state index is 0.216. The van der Waals surface area contributed by atoms with Crippen molar-refractivity contribution in [2.24, 2.45) is 5.92 Å². The Morgan fingerprint density at radius 1 is 0.483 bits per heavy atom. The highest BCUT2D eigenvalue weighted by Gasteiger charge is 2.95. The van der Waals surface area contributed by atoms with Gasteiger partial charge in [0.2, 0.25) is 0 Å². The number of aliphatic hydroxyl groups is 1. The highest BCUT2D eigenvalue weighted by molar-refractivity contribution is 5.15. The third kappa shape index (κ3) is 3.37. The van der Waals surface area contributed by atoms with E-state index in [9.17, 15) is 74.6 Å². The monoisotopic (exact) mass is 478 g/mol. The summed E-state index contributed by atoms with van der Waals surface area (Å²) >= 11 is 0. The molecule has 0 bridgehead atoms. The Kier molecular flexibility index (Phi) is 6.60. The molecule has 1 atom stereocenters. The highest BCUT2D eigenvalue weighted by atomic mass is 19.4. The van der Waals surface area contributed by atoms with Crippen LogP contribution in [0.5, 0.6) is 0 Å². The van der Waals surface area contributed by atoms with Gasteiger partial charge in [-0.2, -0.15) is 74.6 Å². The van der Waals surface area contributed by atoms with E-state index in [1.54, 1.807) is 0 Å². The second-order valence-electron chi connectivity index (χ2n) is 5.65. The zero-order valence-electron chi connectivity index (χ0n) is 13.2. The predicted octanol–water partition coefficient (Wildman–Crippen LogP) is 5.62. The summed E-state index contributed by atoms with van der Waals surface area (Å²) < 4.78 is 219. The lowest BCUT2D eigenvalue weighted by molar-refractivity contribution is -0.463. The molecule has 0 saturated carbocycles. The standard InChI is InChI=1S/C11H7F17O/c1-3(2-29)4(12,13)5(14,15)6(16,17)7(18,19)8(20,21)9(22,23)10(24,25)11(26,27)28/h3,29H,2H2,1H3. The summed E-state index contributed by atoms with van der Waals surface area (Å²) in [6.07, 6.45) is -7.77. The number of rotatable bonds is 8. The molecule has 0 aromatic rings. The summed E-state index contributed by atoms with van der Waals surface area (Å²) in [6.45, 7) is -2.39. The summed E-state index contributed by atoms with van der Waals surface area (Å²) in [7, 11) is 0. The van der Waals surface area contributed by atoms with Gasteiger partial charge in [-0.3, -0.25) is 0 Å². The van der Waals surface area contributed by atoms with Gasteiger partial charge in [0, 0.05) is 5.92 Å². The fourth-order valence-corrected chi connectivity index (χ4v) is 1.60. The van der Waals surface area contributed by atoms with Gasteiger partial charge in [0.1, 0.15) is 0 Å². The van der Waals surface area contributed by atoms with Crippen LogP contribution in [0.2, 0.25) is 0 Å². The molecule has 0 rings (SSSR count). The molecule has 176 valence electrons. The van der Waals surface area contributed by atoms with Crippen molar-refractivity contribution in [1.29, 1.82) is 0 Å². The lowest BCUT2D eigenvalue weighted by Crippen LogP contribution is -2.74. The van der Waals surface area contributed by atoms with Crippen LogP contribution in [-0.4, -0.2) is 59.3 Å². The van der Waals surface area contributed by atoms with E-state index in [-0.39, 0.29) is 6.92 Å². The summed E-state index contributed by atoms with van der Waals surface area (Å²) in [5.74, 6) is -59.9. The van der Waals surface area contributed by atoms with E-state index in [0.29, 0.717) is 0 Å². The molecule has 1 nitrogen and oxygen atoms in total. The molecule has 1 unspecified atom stereocenters. The molecule has 0 saturated heterocycles. The van der Waals surface area contributed by atoms with Crippen LogP contribution in [0.15, 0.2) is 0 Å². The Bertz CT molecular complexity index is 589. The van der Waals surface area contributed by atoms with Crippen molar-refractivity contribution < 1.29 is 79.7 Å². The minimum atomic E-state index is -8.63. The van der Waals surface area contributed by atoms with E-state index in [4.69, 9.17) is 5.11 Å². The van der Waals surface area contributed by atoms with Crippen LogP contribution in [0.25, 0.3) is 0 Å². The van der Waals surface area contributed by atoms with Crippen LogP contribution >= 0.6 is 0 Å². The second kappa shape index (κ2) is 6.90. The van der Waals surface area contributed by atoms with Crippen LogP contribution in [-0.2, 0) is 0 Å². The van der Waals surface area contributed by atoms with Gasteiger partial charge in [0.15, 0.2) is 0 Å². The quantitative estimate of drug-likeness (QED) is 0.449. The molecule has 0 aromatic heterocycles. The van der Waals surface area contributed by atoms with Crippen molar-refractivity contribution in [3.05, 3.63) is 0 Å². The number of hydrogen-bond acceptors (Lipinski definition) is 1. The number of hydrogen-bond donors (Lipinski definition) is 1. The van der Waals surface area contributed by atoms with E-state index < -0.39 is 60.2 Å². The largest absolute Gasteiger partial charge is 0.460 e. The second-order valence-corrected chi connectivity index (χ2v) is 5.65. The summed E-state index contributed by atoms with van der Waals surface area (Å²) in [4.78, 5) is 0. The first-order valence-corrected chi connectivity index (χ1v) is 6.55. The molecule has 18 heteroatoms. The fraction of sp³-hybridized carbons (Fsp3) is 1.00. The molecule has 0 heterocycles. The SMILES string of the molecule is CC(CO)C(F)(F)C(F)(F)C(F)(F)C(F)(F)C(F)(F)C(F)(F)C(F)(F)C(F)(F)F. The van der Waals surface area contributed by atoms with Crippen LogP contribution in [0, 0.1) is 5.92 Å². The first-order chi connectivity index (χ1) is 12.2. The van der Waals surface area contributed by atoms with Crippen molar-refractivity contribution in [2.75, 3.05) is 6.61 Å².